The molecule has 1 aromatic heterocycles. The van der Waals surface area contributed by atoms with Gasteiger partial charge in [0, 0.05) is 36.5 Å². The number of imidazole rings is 1. The van der Waals surface area contributed by atoms with Crippen LogP contribution in [0.2, 0.25) is 0 Å². The first-order chi connectivity index (χ1) is 19.4. The summed E-state index contributed by atoms with van der Waals surface area (Å²) in [6.07, 6.45) is 3.37. The summed E-state index contributed by atoms with van der Waals surface area (Å²) in [5.74, 6) is 0.859. The lowest BCUT2D eigenvalue weighted by atomic mass is 10.1. The molecule has 0 aliphatic carbocycles. The van der Waals surface area contributed by atoms with Gasteiger partial charge in [0.2, 0.25) is 0 Å². The van der Waals surface area contributed by atoms with Gasteiger partial charge in [-0.1, -0.05) is 30.3 Å². The van der Waals surface area contributed by atoms with E-state index in [-0.39, 0.29) is 24.2 Å². The van der Waals surface area contributed by atoms with E-state index in [1.807, 2.05) is 54.3 Å². The molecule has 2 heterocycles. The zero-order chi connectivity index (χ0) is 28.1. The number of hydrogen-bond donors (Lipinski definition) is 3. The second-order valence-electron chi connectivity index (χ2n) is 9.96. The van der Waals surface area contributed by atoms with Gasteiger partial charge >= 0.3 is 0 Å². The minimum absolute atomic E-state index is 0.0324. The topological polar surface area (TPSA) is 103 Å². The van der Waals surface area contributed by atoms with Crippen LogP contribution in [0.4, 0.5) is 15.8 Å². The molecular formula is C31H35FN6O2. The number of nitrogens with two attached hydrogens (primary N) is 1. The standard InChI is InChI=1S/C31H35FN6O2/c1-3-39-25-17-27(30(32)28(18-25)40-24-13-15-37(2)16-14-24)38(23-11-9-22(10-12-23)31(33)34)20-29-35-19-26(36-29)21-7-5-4-6-8-21/h4-12,17-19,24H,3,13-16,20H2,1-2H3,(H3,33,34)(H,35,36). The van der Waals surface area contributed by atoms with Gasteiger partial charge in [0.25, 0.3) is 0 Å². The van der Waals surface area contributed by atoms with Crippen molar-refractivity contribution in [3.05, 3.63) is 90.1 Å². The molecule has 0 amide bonds. The first-order valence-electron chi connectivity index (χ1n) is 13.5. The van der Waals surface area contributed by atoms with Crippen LogP contribution in [0.25, 0.3) is 11.3 Å². The van der Waals surface area contributed by atoms with Gasteiger partial charge in [-0.3, -0.25) is 5.41 Å². The van der Waals surface area contributed by atoms with Crippen LogP contribution >= 0.6 is 0 Å². The normalized spacial score (nSPS) is 14.2. The Hall–Kier alpha value is -4.37. The van der Waals surface area contributed by atoms with E-state index in [4.69, 9.17) is 20.6 Å². The van der Waals surface area contributed by atoms with Crippen LogP contribution in [-0.2, 0) is 6.54 Å². The number of nitrogens with one attached hydrogen (secondary N) is 2. The molecule has 8 nitrogen and oxygen atoms in total. The molecule has 4 N–H and O–H groups in total. The molecular weight excluding hydrogens is 507 g/mol. The molecule has 208 valence electrons. The van der Waals surface area contributed by atoms with Crippen molar-refractivity contribution >= 4 is 17.2 Å². The van der Waals surface area contributed by atoms with Gasteiger partial charge in [-0.25, -0.2) is 9.37 Å². The summed E-state index contributed by atoms with van der Waals surface area (Å²) in [7, 11) is 2.08. The van der Waals surface area contributed by atoms with Crippen molar-refractivity contribution in [1.82, 2.24) is 14.9 Å². The van der Waals surface area contributed by atoms with E-state index in [9.17, 15) is 0 Å². The molecule has 0 radical (unpaired) electrons. The van der Waals surface area contributed by atoms with Crippen LogP contribution < -0.4 is 20.1 Å². The average molecular weight is 543 g/mol. The Morgan fingerprint density at radius 1 is 1.12 bits per heavy atom. The van der Waals surface area contributed by atoms with E-state index < -0.39 is 5.82 Å². The summed E-state index contributed by atoms with van der Waals surface area (Å²) in [4.78, 5) is 12.1. The van der Waals surface area contributed by atoms with Crippen LogP contribution in [0, 0.1) is 11.2 Å². The van der Waals surface area contributed by atoms with Crippen molar-refractivity contribution in [3.8, 4) is 22.8 Å². The van der Waals surface area contributed by atoms with E-state index in [2.05, 4.69) is 21.9 Å². The van der Waals surface area contributed by atoms with Crippen LogP contribution in [0.3, 0.4) is 0 Å². The lowest BCUT2D eigenvalue weighted by Crippen LogP contribution is -2.35. The van der Waals surface area contributed by atoms with Gasteiger partial charge < -0.3 is 30.0 Å². The molecule has 0 spiro atoms. The maximum atomic E-state index is 16.3. The van der Waals surface area contributed by atoms with E-state index in [1.54, 1.807) is 30.5 Å². The number of anilines is 2. The Balaban J connectivity index is 1.54. The molecule has 1 saturated heterocycles. The minimum Gasteiger partial charge on any atom is -0.494 e. The van der Waals surface area contributed by atoms with Crippen LogP contribution in [0.1, 0.15) is 31.2 Å². The number of amidine groups is 1. The number of nitrogens with zero attached hydrogens (tertiary/aromatic N) is 3. The Morgan fingerprint density at radius 2 is 1.85 bits per heavy atom. The number of rotatable bonds is 10. The smallest absolute Gasteiger partial charge is 0.188 e. The number of ether oxygens (including phenoxy) is 2. The van der Waals surface area contributed by atoms with E-state index in [0.717, 1.165) is 37.2 Å². The third-order valence-electron chi connectivity index (χ3n) is 7.07. The highest BCUT2D eigenvalue weighted by molar-refractivity contribution is 5.95. The molecule has 1 aliphatic rings. The molecule has 4 aromatic rings. The van der Waals surface area contributed by atoms with Crippen LogP contribution in [0.5, 0.6) is 11.5 Å². The highest BCUT2D eigenvalue weighted by Crippen LogP contribution is 2.39. The Bertz CT molecular complexity index is 1430. The van der Waals surface area contributed by atoms with Crippen LogP contribution in [-0.4, -0.2) is 53.6 Å². The number of nitrogen functional groups attached to an aromatic ring is 1. The van der Waals surface area contributed by atoms with Gasteiger partial charge in [0.05, 0.1) is 30.7 Å². The lowest BCUT2D eigenvalue weighted by molar-refractivity contribution is 0.110. The average Bonchev–Trinajstić information content (AvgIpc) is 3.44. The van der Waals surface area contributed by atoms with Gasteiger partial charge in [0.1, 0.15) is 23.5 Å². The van der Waals surface area contributed by atoms with Gasteiger partial charge in [0.15, 0.2) is 11.6 Å². The fourth-order valence-electron chi connectivity index (χ4n) is 4.87. The summed E-state index contributed by atoms with van der Waals surface area (Å²) >= 11 is 0. The molecule has 5 rings (SSSR count). The summed E-state index contributed by atoms with van der Waals surface area (Å²) in [5.41, 5.74) is 9.17. The molecule has 0 unspecified atom stereocenters. The number of benzene rings is 3. The van der Waals surface area contributed by atoms with E-state index in [0.29, 0.717) is 35.1 Å². The number of piperidine rings is 1. The molecule has 0 saturated carbocycles. The first kappa shape index (κ1) is 27.2. The summed E-state index contributed by atoms with van der Waals surface area (Å²) < 4.78 is 28.4. The molecule has 1 fully saturated rings. The predicted octanol–water partition coefficient (Wildman–Crippen LogP) is 5.71. The van der Waals surface area contributed by atoms with Crippen molar-refractivity contribution in [3.63, 3.8) is 0 Å². The number of halogens is 1. The summed E-state index contributed by atoms with van der Waals surface area (Å²) in [6, 6.07) is 20.4. The minimum atomic E-state index is -0.465. The zero-order valence-corrected chi connectivity index (χ0v) is 22.9. The summed E-state index contributed by atoms with van der Waals surface area (Å²) in [5, 5.41) is 7.77. The van der Waals surface area contributed by atoms with Gasteiger partial charge in [-0.15, -0.1) is 0 Å². The van der Waals surface area contributed by atoms with Crippen molar-refractivity contribution in [1.29, 1.82) is 5.41 Å². The van der Waals surface area contributed by atoms with E-state index in [1.165, 1.54) is 0 Å². The molecule has 0 bridgehead atoms. The van der Waals surface area contributed by atoms with Crippen LogP contribution in [0.15, 0.2) is 72.9 Å². The maximum absolute atomic E-state index is 16.3. The Kier molecular flexibility index (Phi) is 8.31. The number of H-pyrrole nitrogens is 1. The van der Waals surface area contributed by atoms with Crippen molar-refractivity contribution in [2.24, 2.45) is 5.73 Å². The molecule has 0 atom stereocenters. The Labute approximate surface area is 234 Å². The maximum Gasteiger partial charge on any atom is 0.188 e. The van der Waals surface area contributed by atoms with Gasteiger partial charge in [-0.05, 0) is 56.6 Å². The largest absolute Gasteiger partial charge is 0.494 e. The third kappa shape index (κ3) is 6.26. The summed E-state index contributed by atoms with van der Waals surface area (Å²) in [6.45, 7) is 4.39. The molecule has 3 aromatic carbocycles. The number of hydrogen-bond acceptors (Lipinski definition) is 6. The second kappa shape index (κ2) is 12.2. The molecule has 9 heteroatoms. The fraction of sp³-hybridized carbons (Fsp3) is 0.290. The van der Waals surface area contributed by atoms with Gasteiger partial charge in [-0.2, -0.15) is 0 Å². The first-order valence-corrected chi connectivity index (χ1v) is 13.5. The quantitative estimate of drug-likeness (QED) is 0.175. The molecule has 1 aliphatic heterocycles. The highest BCUT2D eigenvalue weighted by Gasteiger charge is 2.25. The monoisotopic (exact) mass is 542 g/mol. The number of aromatic nitrogens is 2. The lowest BCUT2D eigenvalue weighted by Gasteiger charge is -2.30. The number of likely N-dealkylation sites (tertiary alicyclic amines) is 1. The third-order valence-corrected chi connectivity index (χ3v) is 7.07. The van der Waals surface area contributed by atoms with Crippen molar-refractivity contribution in [2.75, 3.05) is 31.6 Å². The second-order valence-corrected chi connectivity index (χ2v) is 9.96. The van der Waals surface area contributed by atoms with Crippen molar-refractivity contribution < 1.29 is 13.9 Å². The Morgan fingerprint density at radius 3 is 2.52 bits per heavy atom. The van der Waals surface area contributed by atoms with Crippen molar-refractivity contribution in [2.45, 2.75) is 32.4 Å². The predicted molar refractivity (Wildman–Crippen MR) is 156 cm³/mol. The molecule has 40 heavy (non-hydrogen) atoms. The number of aromatic amines is 1. The zero-order valence-electron chi connectivity index (χ0n) is 22.9. The van der Waals surface area contributed by atoms with E-state index >= 15 is 4.39 Å². The fourth-order valence-corrected chi connectivity index (χ4v) is 4.87. The highest BCUT2D eigenvalue weighted by atomic mass is 19.1. The SMILES string of the molecule is CCOc1cc(OC2CCN(C)CC2)c(F)c(N(Cc2ncc(-c3ccccc3)[nH]2)c2ccc(C(=N)N)cc2)c1.